The van der Waals surface area contributed by atoms with Crippen LogP contribution in [0.3, 0.4) is 0 Å². The molecule has 0 bridgehead atoms. The van der Waals surface area contributed by atoms with Crippen molar-refractivity contribution in [1.82, 2.24) is 9.97 Å². The number of hydrogen-bond donors (Lipinski definition) is 1. The standard InChI is InChI=1S/C18H12ClN3OS3/c19-13-3-1-11(2-4-13)7-14-8-20-18(26-14)22-16(23)15-10-25-17(21-15)12-5-6-24-9-12/h1-6,8-10H,7H2,(H,20,22,23). The molecule has 0 saturated carbocycles. The van der Waals surface area contributed by atoms with Gasteiger partial charge in [0.1, 0.15) is 10.7 Å². The van der Waals surface area contributed by atoms with Gasteiger partial charge in [0.05, 0.1) is 0 Å². The normalized spacial score (nSPS) is 10.8. The summed E-state index contributed by atoms with van der Waals surface area (Å²) in [4.78, 5) is 22.2. The van der Waals surface area contributed by atoms with Crippen LogP contribution >= 0.6 is 45.6 Å². The van der Waals surface area contributed by atoms with Gasteiger partial charge in [-0.15, -0.1) is 22.7 Å². The van der Waals surface area contributed by atoms with Crippen molar-refractivity contribution in [3.05, 3.63) is 73.8 Å². The first-order valence-corrected chi connectivity index (χ1v) is 10.7. The number of nitrogens with zero attached hydrogens (tertiary/aromatic N) is 2. The van der Waals surface area contributed by atoms with E-state index in [1.165, 1.54) is 22.7 Å². The molecule has 4 aromatic rings. The molecule has 4 nitrogen and oxygen atoms in total. The van der Waals surface area contributed by atoms with E-state index in [1.807, 2.05) is 41.1 Å². The van der Waals surface area contributed by atoms with Crippen LogP contribution < -0.4 is 5.32 Å². The van der Waals surface area contributed by atoms with E-state index in [1.54, 1.807) is 22.9 Å². The number of rotatable bonds is 5. The highest BCUT2D eigenvalue weighted by Gasteiger charge is 2.14. The highest BCUT2D eigenvalue weighted by atomic mass is 35.5. The Bertz CT molecular complexity index is 1020. The molecule has 0 saturated heterocycles. The average Bonchev–Trinajstić information content (AvgIpc) is 3.38. The lowest BCUT2D eigenvalue weighted by atomic mass is 10.1. The molecule has 0 aliphatic carbocycles. The molecule has 1 aromatic carbocycles. The van der Waals surface area contributed by atoms with Crippen LogP contribution in [-0.4, -0.2) is 15.9 Å². The molecule has 0 fully saturated rings. The Morgan fingerprint density at radius 2 is 2.00 bits per heavy atom. The molecule has 0 aliphatic heterocycles. The molecule has 1 amide bonds. The zero-order chi connectivity index (χ0) is 17.9. The molecule has 130 valence electrons. The third kappa shape index (κ3) is 4.02. The zero-order valence-corrected chi connectivity index (χ0v) is 16.5. The summed E-state index contributed by atoms with van der Waals surface area (Å²) in [6, 6.07) is 9.71. The second-order valence-corrected chi connectivity index (χ2v) is 8.63. The van der Waals surface area contributed by atoms with Gasteiger partial charge in [-0.25, -0.2) is 9.97 Å². The number of thiophene rings is 1. The van der Waals surface area contributed by atoms with E-state index in [0.717, 1.165) is 32.5 Å². The number of thiazole rings is 2. The molecule has 0 radical (unpaired) electrons. The van der Waals surface area contributed by atoms with E-state index in [2.05, 4.69) is 15.3 Å². The van der Waals surface area contributed by atoms with Crippen LogP contribution in [-0.2, 0) is 6.42 Å². The van der Waals surface area contributed by atoms with Crippen LogP contribution in [0.5, 0.6) is 0 Å². The topological polar surface area (TPSA) is 54.9 Å². The maximum absolute atomic E-state index is 12.4. The lowest BCUT2D eigenvalue weighted by Gasteiger charge is -1.99. The summed E-state index contributed by atoms with van der Waals surface area (Å²) in [5, 5.41) is 10.7. The van der Waals surface area contributed by atoms with Crippen molar-refractivity contribution in [2.24, 2.45) is 0 Å². The number of halogens is 1. The Morgan fingerprint density at radius 1 is 1.15 bits per heavy atom. The van der Waals surface area contributed by atoms with Gasteiger partial charge in [-0.2, -0.15) is 11.3 Å². The summed E-state index contributed by atoms with van der Waals surface area (Å²) in [6.45, 7) is 0. The van der Waals surface area contributed by atoms with Gasteiger partial charge in [-0.3, -0.25) is 10.1 Å². The maximum Gasteiger partial charge on any atom is 0.276 e. The number of carbonyl (C=O) groups excluding carboxylic acids is 1. The number of hydrogen-bond acceptors (Lipinski definition) is 6. The first kappa shape index (κ1) is 17.4. The molecular weight excluding hydrogens is 406 g/mol. The lowest BCUT2D eigenvalue weighted by molar-refractivity contribution is 0.102. The summed E-state index contributed by atoms with van der Waals surface area (Å²) in [5.74, 6) is -0.241. The fourth-order valence-electron chi connectivity index (χ4n) is 2.31. The van der Waals surface area contributed by atoms with Crippen molar-refractivity contribution < 1.29 is 4.79 Å². The number of nitrogens with one attached hydrogen (secondary N) is 1. The molecule has 1 N–H and O–H groups in total. The van der Waals surface area contributed by atoms with Crippen LogP contribution in [0.2, 0.25) is 5.02 Å². The Labute approximate surface area is 167 Å². The van der Waals surface area contributed by atoms with E-state index >= 15 is 0 Å². The van der Waals surface area contributed by atoms with Crippen molar-refractivity contribution in [2.45, 2.75) is 6.42 Å². The third-order valence-electron chi connectivity index (χ3n) is 3.57. The van der Waals surface area contributed by atoms with Crippen molar-refractivity contribution >= 4 is 56.7 Å². The van der Waals surface area contributed by atoms with E-state index in [4.69, 9.17) is 11.6 Å². The van der Waals surface area contributed by atoms with Crippen molar-refractivity contribution in [3.8, 4) is 10.6 Å². The molecular formula is C18H12ClN3OS3. The SMILES string of the molecule is O=C(Nc1ncc(Cc2ccc(Cl)cc2)s1)c1csc(-c2ccsc2)n1. The molecule has 0 atom stereocenters. The van der Waals surface area contributed by atoms with Gasteiger partial charge in [-0.05, 0) is 29.1 Å². The van der Waals surface area contributed by atoms with Gasteiger partial charge in [-0.1, -0.05) is 23.7 Å². The van der Waals surface area contributed by atoms with E-state index in [9.17, 15) is 4.79 Å². The van der Waals surface area contributed by atoms with Gasteiger partial charge < -0.3 is 0 Å². The predicted octanol–water partition coefficient (Wildman–Crippen LogP) is 5.82. The minimum atomic E-state index is -0.241. The molecule has 4 rings (SSSR count). The molecule has 3 aromatic heterocycles. The summed E-state index contributed by atoms with van der Waals surface area (Å²) < 4.78 is 0. The molecule has 8 heteroatoms. The van der Waals surface area contributed by atoms with Crippen LogP contribution in [0.15, 0.2) is 52.7 Å². The quantitative estimate of drug-likeness (QED) is 0.444. The largest absolute Gasteiger partial charge is 0.296 e. The van der Waals surface area contributed by atoms with Gasteiger partial charge in [0.2, 0.25) is 0 Å². The smallest absolute Gasteiger partial charge is 0.276 e. The zero-order valence-electron chi connectivity index (χ0n) is 13.3. The summed E-state index contributed by atoms with van der Waals surface area (Å²) in [7, 11) is 0. The number of benzene rings is 1. The summed E-state index contributed by atoms with van der Waals surface area (Å²) >= 11 is 10.4. The van der Waals surface area contributed by atoms with Crippen molar-refractivity contribution in [2.75, 3.05) is 5.32 Å². The maximum atomic E-state index is 12.4. The van der Waals surface area contributed by atoms with Gasteiger partial charge >= 0.3 is 0 Å². The monoisotopic (exact) mass is 417 g/mol. The fraction of sp³-hybridized carbons (Fsp3) is 0.0556. The second kappa shape index (κ2) is 7.67. The number of anilines is 1. The van der Waals surface area contributed by atoms with Gasteiger partial charge in [0.15, 0.2) is 5.13 Å². The fourth-order valence-corrected chi connectivity index (χ4v) is 4.79. The molecule has 0 spiro atoms. The number of carbonyl (C=O) groups is 1. The summed E-state index contributed by atoms with van der Waals surface area (Å²) in [5.41, 5.74) is 2.60. The van der Waals surface area contributed by atoms with E-state index < -0.39 is 0 Å². The highest BCUT2D eigenvalue weighted by Crippen LogP contribution is 2.27. The Balaban J connectivity index is 1.42. The van der Waals surface area contributed by atoms with Gasteiger partial charge in [0.25, 0.3) is 5.91 Å². The van der Waals surface area contributed by atoms with Crippen molar-refractivity contribution in [1.29, 1.82) is 0 Å². The molecule has 0 unspecified atom stereocenters. The number of aromatic nitrogens is 2. The summed E-state index contributed by atoms with van der Waals surface area (Å²) in [6.07, 6.45) is 2.54. The first-order chi connectivity index (χ1) is 12.7. The van der Waals surface area contributed by atoms with Crippen LogP contribution in [0, 0.1) is 0 Å². The molecule has 3 heterocycles. The van der Waals surface area contributed by atoms with Crippen LogP contribution in [0.25, 0.3) is 10.6 Å². The van der Waals surface area contributed by atoms with Crippen molar-refractivity contribution in [3.63, 3.8) is 0 Å². The Hall–Kier alpha value is -2.06. The second-order valence-electron chi connectivity index (χ2n) is 5.44. The predicted molar refractivity (Wildman–Crippen MR) is 110 cm³/mol. The van der Waals surface area contributed by atoms with E-state index in [-0.39, 0.29) is 5.91 Å². The minimum Gasteiger partial charge on any atom is -0.296 e. The average molecular weight is 418 g/mol. The van der Waals surface area contributed by atoms with Gasteiger partial charge in [0, 0.05) is 38.8 Å². The minimum absolute atomic E-state index is 0.241. The Morgan fingerprint density at radius 3 is 2.77 bits per heavy atom. The Kier molecular flexibility index (Phi) is 5.12. The molecule has 26 heavy (non-hydrogen) atoms. The number of amides is 1. The first-order valence-electron chi connectivity index (χ1n) is 7.66. The van der Waals surface area contributed by atoms with Crippen LogP contribution in [0.4, 0.5) is 5.13 Å². The van der Waals surface area contributed by atoms with E-state index in [0.29, 0.717) is 10.8 Å². The highest BCUT2D eigenvalue weighted by molar-refractivity contribution is 7.16. The third-order valence-corrected chi connectivity index (χ3v) is 6.31. The molecule has 0 aliphatic rings. The lowest BCUT2D eigenvalue weighted by Crippen LogP contribution is -2.11. The van der Waals surface area contributed by atoms with Crippen LogP contribution in [0.1, 0.15) is 20.9 Å².